The largest absolute Gasteiger partial charge is 0.320 e. The molecule has 28 heavy (non-hydrogen) atoms. The van der Waals surface area contributed by atoms with Crippen molar-refractivity contribution in [2.24, 2.45) is 0 Å². The van der Waals surface area contributed by atoms with Crippen molar-refractivity contribution in [3.8, 4) is 0 Å². The average molecular weight is 380 g/mol. The highest BCUT2D eigenvalue weighted by molar-refractivity contribution is 5.95. The second-order valence-corrected chi connectivity index (χ2v) is 8.35. The summed E-state index contributed by atoms with van der Waals surface area (Å²) in [7, 11) is 0. The van der Waals surface area contributed by atoms with Crippen LogP contribution in [0.2, 0.25) is 0 Å². The fourth-order valence-corrected chi connectivity index (χ4v) is 5.03. The molecule has 3 rings (SSSR count). The van der Waals surface area contributed by atoms with Crippen LogP contribution in [-0.2, 0) is 4.79 Å². The van der Waals surface area contributed by atoms with Gasteiger partial charge in [0.2, 0.25) is 0 Å². The summed E-state index contributed by atoms with van der Waals surface area (Å²) in [5.74, 6) is 0.804. The lowest BCUT2D eigenvalue weighted by Gasteiger charge is -2.47. The number of rotatable bonds is 6. The van der Waals surface area contributed by atoms with E-state index in [1.807, 2.05) is 6.07 Å². The zero-order valence-corrected chi connectivity index (χ0v) is 17.9. The monoisotopic (exact) mass is 379 g/mol. The Morgan fingerprint density at radius 3 is 2.14 bits per heavy atom. The molecule has 0 spiro atoms. The Bertz CT molecular complexity index is 771. The predicted octanol–water partition coefficient (Wildman–Crippen LogP) is 5.43. The van der Waals surface area contributed by atoms with Crippen molar-refractivity contribution in [3.63, 3.8) is 0 Å². The lowest BCUT2D eigenvalue weighted by Crippen LogP contribution is -2.62. The van der Waals surface area contributed by atoms with Crippen molar-refractivity contribution >= 4 is 11.6 Å². The molecule has 3 nitrogen and oxygen atoms in total. The first kappa shape index (κ1) is 20.6. The summed E-state index contributed by atoms with van der Waals surface area (Å²) in [4.78, 5) is 13.3. The third-order valence-electron chi connectivity index (χ3n) is 6.83. The molecule has 1 aliphatic heterocycles. The Morgan fingerprint density at radius 1 is 1.00 bits per heavy atom. The quantitative estimate of drug-likeness (QED) is 0.666. The fraction of sp³-hybridized carbons (Fsp3) is 0.480. The van der Waals surface area contributed by atoms with Gasteiger partial charge >= 0.3 is 0 Å². The van der Waals surface area contributed by atoms with Crippen LogP contribution in [0.4, 0.5) is 5.69 Å². The van der Waals surface area contributed by atoms with Gasteiger partial charge in [0.05, 0.1) is 19.6 Å². The minimum atomic E-state index is 0.0146. The van der Waals surface area contributed by atoms with Gasteiger partial charge in [-0.2, -0.15) is 0 Å². The summed E-state index contributed by atoms with van der Waals surface area (Å²) < 4.78 is 0.913. The molecule has 2 aromatic carbocycles. The van der Waals surface area contributed by atoms with Crippen molar-refractivity contribution in [1.29, 1.82) is 0 Å². The maximum Gasteiger partial charge on any atom is 0.282 e. The molecular formula is C25H35N2O+. The summed E-state index contributed by atoms with van der Waals surface area (Å²) >= 11 is 0. The minimum absolute atomic E-state index is 0.0146. The van der Waals surface area contributed by atoms with Crippen LogP contribution in [0, 0.1) is 13.8 Å². The smallest absolute Gasteiger partial charge is 0.282 e. The zero-order valence-electron chi connectivity index (χ0n) is 17.9. The zero-order chi connectivity index (χ0) is 20.1. The number of piperidine rings is 1. The standard InChI is InChI=1S/C25H34N2O/c1-5-23(25(28)26-24-19(3)11-10-12-20(24)4)27(6-2)17-15-22(16-18-27)21-13-8-7-9-14-21/h7-14,22-23H,5-6,15-18H2,1-4H3/p+1. The number of carbonyl (C=O) groups excluding carboxylic acids is 1. The van der Waals surface area contributed by atoms with Gasteiger partial charge in [0.1, 0.15) is 0 Å². The van der Waals surface area contributed by atoms with Crippen molar-refractivity contribution < 1.29 is 9.28 Å². The molecular weight excluding hydrogens is 344 g/mol. The van der Waals surface area contributed by atoms with E-state index in [2.05, 4.69) is 75.5 Å². The van der Waals surface area contributed by atoms with Crippen molar-refractivity contribution in [3.05, 3.63) is 65.2 Å². The molecule has 0 aliphatic carbocycles. The third-order valence-corrected chi connectivity index (χ3v) is 6.83. The Labute approximate surface area is 170 Å². The highest BCUT2D eigenvalue weighted by Gasteiger charge is 2.42. The summed E-state index contributed by atoms with van der Waals surface area (Å²) in [6.07, 6.45) is 3.19. The number of anilines is 1. The number of hydrogen-bond donors (Lipinski definition) is 1. The first-order valence-electron chi connectivity index (χ1n) is 10.8. The van der Waals surface area contributed by atoms with Crippen molar-refractivity contribution in [1.82, 2.24) is 0 Å². The molecule has 1 unspecified atom stereocenters. The number of likely N-dealkylation sites (tertiary alicyclic amines) is 1. The molecule has 0 bridgehead atoms. The molecule has 1 fully saturated rings. The third kappa shape index (κ3) is 4.15. The first-order valence-corrected chi connectivity index (χ1v) is 10.8. The molecule has 1 aliphatic rings. The second kappa shape index (κ2) is 8.91. The number of benzene rings is 2. The van der Waals surface area contributed by atoms with Gasteiger partial charge in [-0.25, -0.2) is 0 Å². The number of hydrogen-bond acceptors (Lipinski definition) is 1. The Balaban J connectivity index is 1.75. The van der Waals surface area contributed by atoms with Crippen LogP contribution in [0.15, 0.2) is 48.5 Å². The molecule has 1 amide bonds. The number of aryl methyl sites for hydroxylation is 2. The number of nitrogens with zero attached hydrogens (tertiary/aromatic N) is 1. The molecule has 1 atom stereocenters. The number of amides is 1. The highest BCUT2D eigenvalue weighted by Crippen LogP contribution is 2.34. The molecule has 1 heterocycles. The van der Waals surface area contributed by atoms with E-state index in [9.17, 15) is 4.79 Å². The average Bonchev–Trinajstić information content (AvgIpc) is 2.72. The van der Waals surface area contributed by atoms with Crippen LogP contribution >= 0.6 is 0 Å². The Morgan fingerprint density at radius 2 is 1.61 bits per heavy atom. The SMILES string of the molecule is CCC(C(=O)Nc1c(C)cccc1C)[N+]1(CC)CCC(c2ccccc2)CC1. The number of carbonyl (C=O) groups is 1. The topological polar surface area (TPSA) is 29.1 Å². The minimum Gasteiger partial charge on any atom is -0.320 e. The van der Waals surface area contributed by atoms with Crippen LogP contribution in [0.1, 0.15) is 55.7 Å². The van der Waals surface area contributed by atoms with Crippen LogP contribution in [0.3, 0.4) is 0 Å². The van der Waals surface area contributed by atoms with E-state index in [0.29, 0.717) is 5.92 Å². The summed E-state index contributed by atoms with van der Waals surface area (Å²) in [6, 6.07) is 17.1. The van der Waals surface area contributed by atoms with Gasteiger partial charge < -0.3 is 9.80 Å². The molecule has 0 saturated carbocycles. The Hall–Kier alpha value is -2.13. The Kier molecular flexibility index (Phi) is 6.56. The van der Waals surface area contributed by atoms with Crippen molar-refractivity contribution in [2.75, 3.05) is 25.0 Å². The molecule has 1 saturated heterocycles. The summed E-state index contributed by atoms with van der Waals surface area (Å²) in [5.41, 5.74) is 4.70. The number of para-hydroxylation sites is 1. The van der Waals surface area contributed by atoms with E-state index < -0.39 is 0 Å². The molecule has 0 aromatic heterocycles. The van der Waals surface area contributed by atoms with Gasteiger partial charge in [0.25, 0.3) is 5.91 Å². The van der Waals surface area contributed by atoms with E-state index in [1.165, 1.54) is 5.56 Å². The second-order valence-electron chi connectivity index (χ2n) is 8.35. The van der Waals surface area contributed by atoms with Gasteiger partial charge in [0, 0.05) is 24.9 Å². The maximum absolute atomic E-state index is 13.3. The van der Waals surface area contributed by atoms with Gasteiger partial charge in [-0.3, -0.25) is 4.79 Å². The van der Waals surface area contributed by atoms with Crippen LogP contribution in [0.5, 0.6) is 0 Å². The van der Waals surface area contributed by atoms with Gasteiger partial charge in [-0.05, 0) is 43.4 Å². The van der Waals surface area contributed by atoms with Crippen LogP contribution in [-0.4, -0.2) is 36.1 Å². The van der Waals surface area contributed by atoms with E-state index in [-0.39, 0.29) is 11.9 Å². The van der Waals surface area contributed by atoms with Gasteiger partial charge in [-0.15, -0.1) is 0 Å². The van der Waals surface area contributed by atoms with Crippen molar-refractivity contribution in [2.45, 2.75) is 58.9 Å². The van der Waals surface area contributed by atoms with E-state index in [4.69, 9.17) is 0 Å². The summed E-state index contributed by atoms with van der Waals surface area (Å²) in [5, 5.41) is 3.27. The predicted molar refractivity (Wildman–Crippen MR) is 118 cm³/mol. The lowest BCUT2D eigenvalue weighted by molar-refractivity contribution is -0.945. The number of likely N-dealkylation sites (N-methyl/N-ethyl adjacent to an activating group) is 1. The number of quaternary nitrogens is 1. The van der Waals surface area contributed by atoms with E-state index >= 15 is 0 Å². The van der Waals surface area contributed by atoms with E-state index in [0.717, 1.165) is 60.2 Å². The number of nitrogens with one attached hydrogen (secondary N) is 1. The van der Waals surface area contributed by atoms with Gasteiger partial charge in [0.15, 0.2) is 6.04 Å². The molecule has 1 N–H and O–H groups in total. The fourth-order valence-electron chi connectivity index (χ4n) is 5.03. The maximum atomic E-state index is 13.3. The van der Waals surface area contributed by atoms with Crippen LogP contribution < -0.4 is 5.32 Å². The first-order chi connectivity index (χ1) is 13.5. The molecule has 3 heteroatoms. The molecule has 2 aromatic rings. The van der Waals surface area contributed by atoms with Gasteiger partial charge in [-0.1, -0.05) is 55.5 Å². The molecule has 150 valence electrons. The lowest BCUT2D eigenvalue weighted by atomic mass is 9.86. The van der Waals surface area contributed by atoms with Crippen LogP contribution in [0.25, 0.3) is 0 Å². The highest BCUT2D eigenvalue weighted by atomic mass is 16.2. The molecule has 0 radical (unpaired) electrons. The summed E-state index contributed by atoms with van der Waals surface area (Å²) in [6.45, 7) is 11.7. The van der Waals surface area contributed by atoms with E-state index in [1.54, 1.807) is 0 Å². The normalized spacial score (nSPS) is 23.2.